The van der Waals surface area contributed by atoms with Crippen molar-refractivity contribution in [2.75, 3.05) is 17.7 Å². The Labute approximate surface area is 165 Å². The molecule has 2 amide bonds. The number of hydrogen-bond donors (Lipinski definition) is 2. The van der Waals surface area contributed by atoms with Gasteiger partial charge in [-0.25, -0.2) is 9.18 Å². The van der Waals surface area contributed by atoms with E-state index in [0.717, 1.165) is 17.7 Å². The number of halogens is 1. The van der Waals surface area contributed by atoms with Crippen molar-refractivity contribution in [1.29, 1.82) is 0 Å². The van der Waals surface area contributed by atoms with Gasteiger partial charge in [0.2, 0.25) is 0 Å². The molecule has 1 aliphatic carbocycles. The topological polar surface area (TPSA) is 67.4 Å². The number of aryl methyl sites for hydroxylation is 2. The molecule has 7 heteroatoms. The molecule has 1 heterocycles. The molecule has 0 unspecified atom stereocenters. The van der Waals surface area contributed by atoms with Crippen molar-refractivity contribution < 1.29 is 18.7 Å². The van der Waals surface area contributed by atoms with Crippen LogP contribution in [0.1, 0.15) is 20.8 Å². The van der Waals surface area contributed by atoms with Crippen LogP contribution in [0.3, 0.4) is 0 Å². The molecular weight excluding hydrogens is 379 g/mol. The van der Waals surface area contributed by atoms with Crippen molar-refractivity contribution in [1.82, 2.24) is 0 Å². The average Bonchev–Trinajstić information content (AvgIpc) is 3.15. The number of rotatable bonds is 3. The molecule has 142 valence electrons. The molecule has 28 heavy (non-hydrogen) atoms. The SMILES string of the molecule is COC(=O)Nc1cc(NC(=O)c2cc3c(s2)-c2ccccc2CC3)ccc1F. The zero-order valence-electron chi connectivity index (χ0n) is 15.0. The number of nitrogens with one attached hydrogen (secondary N) is 2. The number of methoxy groups -OCH3 is 1. The van der Waals surface area contributed by atoms with Crippen LogP contribution >= 0.6 is 11.3 Å². The maximum atomic E-state index is 13.8. The Hall–Kier alpha value is -3.19. The monoisotopic (exact) mass is 396 g/mol. The summed E-state index contributed by atoms with van der Waals surface area (Å²) in [6, 6.07) is 14.1. The second kappa shape index (κ2) is 7.44. The minimum Gasteiger partial charge on any atom is -0.453 e. The van der Waals surface area contributed by atoms with Crippen LogP contribution in [-0.2, 0) is 17.6 Å². The summed E-state index contributed by atoms with van der Waals surface area (Å²) in [6.45, 7) is 0. The van der Waals surface area contributed by atoms with Gasteiger partial charge in [0.15, 0.2) is 0 Å². The fraction of sp³-hybridized carbons (Fsp3) is 0.143. The number of amides is 2. The lowest BCUT2D eigenvalue weighted by atomic mass is 9.91. The molecule has 2 aromatic carbocycles. The van der Waals surface area contributed by atoms with Crippen LogP contribution in [0.25, 0.3) is 10.4 Å². The normalized spacial score (nSPS) is 11.9. The van der Waals surface area contributed by atoms with E-state index < -0.39 is 11.9 Å². The molecule has 2 N–H and O–H groups in total. The fourth-order valence-corrected chi connectivity index (χ4v) is 4.40. The first-order valence-electron chi connectivity index (χ1n) is 8.72. The van der Waals surface area contributed by atoms with Crippen molar-refractivity contribution in [3.8, 4) is 10.4 Å². The number of ether oxygens (including phenoxy) is 1. The number of thiophene rings is 1. The standard InChI is InChI=1S/C21H17FN2O3S/c1-27-21(26)24-17-11-14(8-9-16(17)22)23-20(25)18-10-13-7-6-12-4-2-3-5-15(12)19(13)28-18/h2-5,8-11H,6-7H2,1H3,(H,23,25)(H,24,26). The third-order valence-electron chi connectivity index (χ3n) is 4.60. The first kappa shape index (κ1) is 18.2. The summed E-state index contributed by atoms with van der Waals surface area (Å²) < 4.78 is 18.3. The van der Waals surface area contributed by atoms with Crippen LogP contribution in [0.15, 0.2) is 48.5 Å². The van der Waals surface area contributed by atoms with E-state index in [-0.39, 0.29) is 11.6 Å². The van der Waals surface area contributed by atoms with Crippen LogP contribution in [0.2, 0.25) is 0 Å². The van der Waals surface area contributed by atoms with Gasteiger partial charge in [-0.15, -0.1) is 11.3 Å². The van der Waals surface area contributed by atoms with Crippen LogP contribution < -0.4 is 10.6 Å². The van der Waals surface area contributed by atoms with E-state index in [2.05, 4.69) is 27.5 Å². The third-order valence-corrected chi connectivity index (χ3v) is 5.81. The Morgan fingerprint density at radius 3 is 2.64 bits per heavy atom. The molecule has 0 radical (unpaired) electrons. The average molecular weight is 396 g/mol. The van der Waals surface area contributed by atoms with E-state index in [1.54, 1.807) is 0 Å². The second-order valence-corrected chi connectivity index (χ2v) is 7.44. The highest BCUT2D eigenvalue weighted by Gasteiger charge is 2.21. The third kappa shape index (κ3) is 3.48. The second-order valence-electron chi connectivity index (χ2n) is 6.39. The number of benzene rings is 2. The maximum Gasteiger partial charge on any atom is 0.411 e. The van der Waals surface area contributed by atoms with Gasteiger partial charge in [-0.3, -0.25) is 10.1 Å². The van der Waals surface area contributed by atoms with Crippen molar-refractivity contribution in [3.05, 3.63) is 70.4 Å². The van der Waals surface area contributed by atoms with Crippen LogP contribution in [0.5, 0.6) is 0 Å². The van der Waals surface area contributed by atoms with Gasteiger partial charge in [0.05, 0.1) is 17.7 Å². The highest BCUT2D eigenvalue weighted by atomic mass is 32.1. The van der Waals surface area contributed by atoms with E-state index >= 15 is 0 Å². The van der Waals surface area contributed by atoms with Gasteiger partial charge in [0.25, 0.3) is 5.91 Å². The van der Waals surface area contributed by atoms with E-state index in [4.69, 9.17) is 0 Å². The molecular formula is C21H17FN2O3S. The van der Waals surface area contributed by atoms with Crippen LogP contribution in [-0.4, -0.2) is 19.1 Å². The van der Waals surface area contributed by atoms with E-state index in [1.165, 1.54) is 53.3 Å². The Morgan fingerprint density at radius 2 is 1.82 bits per heavy atom. The summed E-state index contributed by atoms with van der Waals surface area (Å²) in [5.74, 6) is -0.890. The largest absolute Gasteiger partial charge is 0.453 e. The van der Waals surface area contributed by atoms with Crippen LogP contribution in [0, 0.1) is 5.82 Å². The number of anilines is 2. The Bertz CT molecular complexity index is 1080. The smallest absolute Gasteiger partial charge is 0.411 e. The van der Waals surface area contributed by atoms with Gasteiger partial charge in [-0.05, 0) is 53.8 Å². The van der Waals surface area contributed by atoms with E-state index in [9.17, 15) is 14.0 Å². The molecule has 4 rings (SSSR count). The summed E-state index contributed by atoms with van der Waals surface area (Å²) >= 11 is 1.45. The lowest BCUT2D eigenvalue weighted by molar-refractivity contribution is 0.103. The maximum absolute atomic E-state index is 13.8. The van der Waals surface area contributed by atoms with Gasteiger partial charge < -0.3 is 10.1 Å². The minimum atomic E-state index is -0.785. The fourth-order valence-electron chi connectivity index (χ4n) is 3.24. The van der Waals surface area contributed by atoms with Gasteiger partial charge in [-0.2, -0.15) is 0 Å². The molecule has 0 saturated heterocycles. The quantitative estimate of drug-likeness (QED) is 0.648. The molecule has 3 aromatic rings. The molecule has 5 nitrogen and oxygen atoms in total. The van der Waals surface area contributed by atoms with Crippen LogP contribution in [0.4, 0.5) is 20.6 Å². The molecule has 0 bridgehead atoms. The van der Waals surface area contributed by atoms with Gasteiger partial charge in [0, 0.05) is 10.6 Å². The van der Waals surface area contributed by atoms with Gasteiger partial charge in [0.1, 0.15) is 5.82 Å². The van der Waals surface area contributed by atoms with Gasteiger partial charge in [-0.1, -0.05) is 24.3 Å². The summed E-state index contributed by atoms with van der Waals surface area (Å²) in [7, 11) is 1.19. The number of hydrogen-bond acceptors (Lipinski definition) is 4. The van der Waals surface area contributed by atoms with Crippen molar-refractivity contribution >= 4 is 34.7 Å². The summed E-state index contributed by atoms with van der Waals surface area (Å²) in [5.41, 5.74) is 3.95. The Balaban J connectivity index is 1.57. The van der Waals surface area contributed by atoms with Crippen molar-refractivity contribution in [3.63, 3.8) is 0 Å². The zero-order chi connectivity index (χ0) is 19.7. The highest BCUT2D eigenvalue weighted by molar-refractivity contribution is 7.17. The summed E-state index contributed by atoms with van der Waals surface area (Å²) in [4.78, 5) is 25.7. The molecule has 1 aliphatic rings. The van der Waals surface area contributed by atoms with E-state index in [0.29, 0.717) is 10.6 Å². The Kier molecular flexibility index (Phi) is 4.83. The van der Waals surface area contributed by atoms with Crippen molar-refractivity contribution in [2.24, 2.45) is 0 Å². The predicted molar refractivity (Wildman–Crippen MR) is 108 cm³/mol. The first-order chi connectivity index (χ1) is 13.5. The predicted octanol–water partition coefficient (Wildman–Crippen LogP) is 5.08. The number of carbonyl (C=O) groups excluding carboxylic acids is 2. The Morgan fingerprint density at radius 1 is 1.04 bits per heavy atom. The highest BCUT2D eigenvalue weighted by Crippen LogP contribution is 2.39. The first-order valence-corrected chi connectivity index (χ1v) is 9.53. The molecule has 1 aromatic heterocycles. The molecule has 0 atom stereocenters. The molecule has 0 saturated carbocycles. The molecule has 0 aliphatic heterocycles. The summed E-state index contributed by atoms with van der Waals surface area (Å²) in [5, 5.41) is 5.04. The summed E-state index contributed by atoms with van der Waals surface area (Å²) in [6.07, 6.45) is 1.08. The minimum absolute atomic E-state index is 0.0657. The number of fused-ring (bicyclic) bond motifs is 3. The lowest BCUT2D eigenvalue weighted by Crippen LogP contribution is -2.14. The number of carbonyl (C=O) groups is 2. The molecule has 0 fully saturated rings. The van der Waals surface area contributed by atoms with Crippen molar-refractivity contribution in [2.45, 2.75) is 12.8 Å². The lowest BCUT2D eigenvalue weighted by Gasteiger charge is -2.15. The van der Waals surface area contributed by atoms with Gasteiger partial charge >= 0.3 is 6.09 Å². The van der Waals surface area contributed by atoms with E-state index in [1.807, 2.05) is 18.2 Å². The zero-order valence-corrected chi connectivity index (χ0v) is 15.9. The molecule has 0 spiro atoms.